The van der Waals surface area contributed by atoms with Gasteiger partial charge in [0.2, 0.25) is 5.89 Å². The number of aliphatic hydroxyl groups excluding tert-OH is 1. The molecule has 1 atom stereocenters. The summed E-state index contributed by atoms with van der Waals surface area (Å²) in [4.78, 5) is 26.5. The van der Waals surface area contributed by atoms with Crippen LogP contribution in [-0.4, -0.2) is 53.2 Å². The summed E-state index contributed by atoms with van der Waals surface area (Å²) in [5, 5.41) is 10.1. The summed E-state index contributed by atoms with van der Waals surface area (Å²) in [7, 11) is 4.17. The van der Waals surface area contributed by atoms with Gasteiger partial charge in [-0.3, -0.25) is 0 Å². The van der Waals surface area contributed by atoms with Gasteiger partial charge in [0.05, 0.1) is 23.1 Å². The van der Waals surface area contributed by atoms with Crippen LogP contribution >= 0.6 is 0 Å². The number of nitrogens with zero attached hydrogens (tertiary/aromatic N) is 4. The number of fused-ring (bicyclic) bond motifs is 1. The molecule has 2 aromatic heterocycles. The summed E-state index contributed by atoms with van der Waals surface area (Å²) in [5.41, 5.74) is 2.41. The lowest BCUT2D eigenvalue weighted by molar-refractivity contribution is 0.282. The Morgan fingerprint density at radius 3 is 2.86 bits per heavy atom. The second-order valence-electron chi connectivity index (χ2n) is 7.69. The maximum Gasteiger partial charge on any atom is 0.347 e. The molecule has 7 heteroatoms. The van der Waals surface area contributed by atoms with Crippen molar-refractivity contribution in [1.82, 2.24) is 14.9 Å². The predicted octanol–water partition coefficient (Wildman–Crippen LogP) is 2.45. The summed E-state index contributed by atoms with van der Waals surface area (Å²) >= 11 is 0. The first-order valence-corrected chi connectivity index (χ1v) is 9.96. The monoisotopic (exact) mass is 394 g/mol. The highest BCUT2D eigenvalue weighted by molar-refractivity contribution is 5.84. The number of benzene rings is 1. The molecule has 29 heavy (non-hydrogen) atoms. The topological polar surface area (TPSA) is 82.7 Å². The minimum atomic E-state index is -0.409. The van der Waals surface area contributed by atoms with Gasteiger partial charge in [0.25, 0.3) is 0 Å². The maximum absolute atomic E-state index is 12.8. The highest BCUT2D eigenvalue weighted by atomic mass is 16.4. The van der Waals surface area contributed by atoms with E-state index in [2.05, 4.69) is 33.9 Å². The number of pyridine rings is 1. The molecule has 4 rings (SSSR count). The summed E-state index contributed by atoms with van der Waals surface area (Å²) in [6.45, 7) is 3.62. The Morgan fingerprint density at radius 2 is 2.17 bits per heavy atom. The zero-order valence-electron chi connectivity index (χ0n) is 17.1. The molecule has 0 radical (unpaired) electrons. The number of aromatic nitrogens is 2. The Hall–Kier alpha value is -2.77. The predicted molar refractivity (Wildman–Crippen MR) is 113 cm³/mol. The number of rotatable bonds is 5. The SMILES string of the molecule is CCc1cc(CO)cc2nc(-c3cccnc3N3CC[C@H](N(C)C)C3)oc(=O)c12. The van der Waals surface area contributed by atoms with Crippen LogP contribution in [0.15, 0.2) is 39.7 Å². The van der Waals surface area contributed by atoms with Gasteiger partial charge in [-0.25, -0.2) is 14.8 Å². The van der Waals surface area contributed by atoms with Gasteiger partial charge in [-0.2, -0.15) is 0 Å². The maximum atomic E-state index is 12.8. The second-order valence-corrected chi connectivity index (χ2v) is 7.69. The molecule has 7 nitrogen and oxygen atoms in total. The fourth-order valence-electron chi connectivity index (χ4n) is 4.00. The fraction of sp³-hybridized carbons (Fsp3) is 0.409. The smallest absolute Gasteiger partial charge is 0.347 e. The third kappa shape index (κ3) is 3.63. The van der Waals surface area contributed by atoms with E-state index in [-0.39, 0.29) is 12.5 Å². The molecule has 0 spiro atoms. The average Bonchev–Trinajstić information content (AvgIpc) is 3.23. The normalized spacial score (nSPS) is 16.9. The van der Waals surface area contributed by atoms with Gasteiger partial charge >= 0.3 is 5.63 Å². The molecule has 0 bridgehead atoms. The molecule has 1 aliphatic rings. The van der Waals surface area contributed by atoms with Crippen LogP contribution in [0.4, 0.5) is 5.82 Å². The van der Waals surface area contributed by atoms with Crippen molar-refractivity contribution in [3.63, 3.8) is 0 Å². The molecule has 152 valence electrons. The van der Waals surface area contributed by atoms with Crippen LogP contribution in [0, 0.1) is 0 Å². The van der Waals surface area contributed by atoms with Crippen LogP contribution in [0.25, 0.3) is 22.4 Å². The van der Waals surface area contributed by atoms with Crippen molar-refractivity contribution in [1.29, 1.82) is 0 Å². The highest BCUT2D eigenvalue weighted by Crippen LogP contribution is 2.31. The zero-order valence-corrected chi connectivity index (χ0v) is 17.1. The van der Waals surface area contributed by atoms with Crippen LogP contribution in [0.1, 0.15) is 24.5 Å². The molecule has 1 aliphatic heterocycles. The molecule has 1 N–H and O–H groups in total. The van der Waals surface area contributed by atoms with E-state index < -0.39 is 5.63 Å². The lowest BCUT2D eigenvalue weighted by atomic mass is 10.0. The van der Waals surface area contributed by atoms with Gasteiger partial charge in [0.15, 0.2) is 0 Å². The van der Waals surface area contributed by atoms with E-state index in [1.54, 1.807) is 12.3 Å². The first-order valence-electron chi connectivity index (χ1n) is 9.96. The molecule has 0 unspecified atom stereocenters. The molecule has 3 aromatic rings. The van der Waals surface area contributed by atoms with Crippen molar-refractivity contribution in [2.24, 2.45) is 0 Å². The molecular formula is C22H26N4O3. The van der Waals surface area contributed by atoms with Gasteiger partial charge in [0.1, 0.15) is 5.82 Å². The molecule has 1 aromatic carbocycles. The highest BCUT2D eigenvalue weighted by Gasteiger charge is 2.27. The number of hydrogen-bond donors (Lipinski definition) is 1. The van der Waals surface area contributed by atoms with Crippen molar-refractivity contribution in [2.45, 2.75) is 32.4 Å². The Labute approximate surface area is 169 Å². The van der Waals surface area contributed by atoms with Crippen molar-refractivity contribution in [2.75, 3.05) is 32.1 Å². The summed E-state index contributed by atoms with van der Waals surface area (Å²) in [6.07, 6.45) is 3.46. The van der Waals surface area contributed by atoms with Gasteiger partial charge in [-0.15, -0.1) is 0 Å². The Kier molecular flexibility index (Phi) is 5.34. The van der Waals surface area contributed by atoms with Crippen LogP contribution < -0.4 is 10.5 Å². The Morgan fingerprint density at radius 1 is 1.34 bits per heavy atom. The number of hydrogen-bond acceptors (Lipinski definition) is 7. The van der Waals surface area contributed by atoms with Crippen molar-refractivity contribution >= 4 is 16.7 Å². The van der Waals surface area contributed by atoms with E-state index in [1.807, 2.05) is 25.1 Å². The van der Waals surface area contributed by atoms with Gasteiger partial charge in [-0.1, -0.05) is 13.0 Å². The lowest BCUT2D eigenvalue weighted by Gasteiger charge is -2.22. The Balaban J connectivity index is 1.83. The van der Waals surface area contributed by atoms with Gasteiger partial charge < -0.3 is 19.3 Å². The first kappa shape index (κ1) is 19.5. The minimum absolute atomic E-state index is 0.0992. The number of likely N-dealkylation sites (N-methyl/N-ethyl adjacent to an activating group) is 1. The number of aryl methyl sites for hydroxylation is 1. The van der Waals surface area contributed by atoms with Crippen molar-refractivity contribution in [3.05, 3.63) is 52.0 Å². The van der Waals surface area contributed by atoms with Crippen LogP contribution in [-0.2, 0) is 13.0 Å². The molecule has 0 amide bonds. The van der Waals surface area contributed by atoms with E-state index in [1.165, 1.54) is 0 Å². The molecule has 0 saturated carbocycles. The quantitative estimate of drug-likeness (QED) is 0.712. The third-order valence-electron chi connectivity index (χ3n) is 5.65. The Bertz CT molecular complexity index is 1090. The summed E-state index contributed by atoms with van der Waals surface area (Å²) in [5.74, 6) is 1.04. The van der Waals surface area contributed by atoms with E-state index in [4.69, 9.17) is 4.42 Å². The molecule has 3 heterocycles. The third-order valence-corrected chi connectivity index (χ3v) is 5.65. The van der Waals surface area contributed by atoms with Gasteiger partial charge in [-0.05, 0) is 56.3 Å². The first-order chi connectivity index (χ1) is 14.0. The van der Waals surface area contributed by atoms with Crippen molar-refractivity contribution < 1.29 is 9.52 Å². The van der Waals surface area contributed by atoms with Gasteiger partial charge in [0, 0.05) is 25.3 Å². The van der Waals surface area contributed by atoms with Crippen molar-refractivity contribution in [3.8, 4) is 11.5 Å². The van der Waals surface area contributed by atoms with Crippen LogP contribution in [0.5, 0.6) is 0 Å². The number of aliphatic hydroxyl groups is 1. The average molecular weight is 394 g/mol. The minimum Gasteiger partial charge on any atom is -0.403 e. The van der Waals surface area contributed by atoms with E-state index >= 15 is 0 Å². The lowest BCUT2D eigenvalue weighted by Crippen LogP contribution is -2.31. The standard InChI is InChI=1S/C22H26N4O3/c1-4-15-10-14(13-27)11-18-19(15)22(28)29-21(24-18)17-6-5-8-23-20(17)26-9-7-16(12-26)25(2)3/h5-6,8,10-11,16,27H,4,7,9,12-13H2,1-3H3/t16-/m0/s1. The van der Waals surface area contributed by atoms with Crippen LogP contribution in [0.3, 0.4) is 0 Å². The fourth-order valence-corrected chi connectivity index (χ4v) is 4.00. The molecule has 1 fully saturated rings. The largest absolute Gasteiger partial charge is 0.403 e. The number of anilines is 1. The molecule has 1 saturated heterocycles. The second kappa shape index (κ2) is 7.93. The summed E-state index contributed by atoms with van der Waals surface area (Å²) in [6, 6.07) is 7.76. The summed E-state index contributed by atoms with van der Waals surface area (Å²) < 4.78 is 5.66. The van der Waals surface area contributed by atoms with Crippen LogP contribution in [0.2, 0.25) is 0 Å². The molecule has 0 aliphatic carbocycles. The molecular weight excluding hydrogens is 368 g/mol. The van der Waals surface area contributed by atoms with E-state index in [9.17, 15) is 9.90 Å². The van der Waals surface area contributed by atoms with E-state index in [0.29, 0.717) is 28.9 Å². The zero-order chi connectivity index (χ0) is 20.5. The van der Waals surface area contributed by atoms with E-state index in [0.717, 1.165) is 36.5 Å².